The minimum Gasteiger partial charge on any atom is -0.475 e. The van der Waals surface area contributed by atoms with Crippen LogP contribution in [0.4, 0.5) is 13.2 Å². The van der Waals surface area contributed by atoms with Crippen LogP contribution in [0.15, 0.2) is 5.51 Å². The van der Waals surface area contributed by atoms with E-state index in [0.717, 1.165) is 38.2 Å². The predicted molar refractivity (Wildman–Crippen MR) is 109 cm³/mol. The summed E-state index contributed by atoms with van der Waals surface area (Å²) in [6, 6.07) is 0. The molecule has 1 atom stereocenters. The number of carboxylic acids is 1. The van der Waals surface area contributed by atoms with Gasteiger partial charge in [0.15, 0.2) is 0 Å². The third-order valence-electron chi connectivity index (χ3n) is 5.92. The first-order valence-electron chi connectivity index (χ1n) is 9.64. The van der Waals surface area contributed by atoms with Crippen molar-refractivity contribution >= 4 is 27.3 Å². The summed E-state index contributed by atoms with van der Waals surface area (Å²) in [6.07, 6.45) is -1.70. The van der Waals surface area contributed by atoms with Crippen molar-refractivity contribution in [3.8, 4) is 0 Å². The van der Waals surface area contributed by atoms with Crippen molar-refractivity contribution in [2.75, 3.05) is 46.2 Å². The van der Waals surface area contributed by atoms with Gasteiger partial charge in [0.25, 0.3) is 0 Å². The van der Waals surface area contributed by atoms with Crippen molar-refractivity contribution in [1.82, 2.24) is 14.2 Å². The van der Waals surface area contributed by atoms with E-state index in [1.165, 1.54) is 11.1 Å². The van der Waals surface area contributed by atoms with E-state index < -0.39 is 22.2 Å². The normalized spacial score (nSPS) is 22.3. The number of sulfonamides is 1. The highest BCUT2D eigenvalue weighted by atomic mass is 32.2. The zero-order valence-electron chi connectivity index (χ0n) is 17.7. The lowest BCUT2D eigenvalue weighted by molar-refractivity contribution is -0.192. The van der Waals surface area contributed by atoms with Gasteiger partial charge in [-0.15, -0.1) is 11.3 Å². The number of rotatable bonds is 5. The lowest BCUT2D eigenvalue weighted by Crippen LogP contribution is -2.45. The first-order chi connectivity index (χ1) is 14.3. The highest BCUT2D eigenvalue weighted by molar-refractivity contribution is 7.88. The number of hydrogen-bond donors (Lipinski definition) is 1. The zero-order chi connectivity index (χ0) is 23.4. The topological polar surface area (TPSA) is 100 Å². The lowest BCUT2D eigenvalue weighted by atomic mass is 9.71. The van der Waals surface area contributed by atoms with Crippen molar-refractivity contribution < 1.29 is 36.2 Å². The van der Waals surface area contributed by atoms with Crippen LogP contribution in [-0.2, 0) is 26.1 Å². The van der Waals surface area contributed by atoms with E-state index in [9.17, 15) is 21.6 Å². The summed E-state index contributed by atoms with van der Waals surface area (Å²) in [7, 11) is -1.42. The average molecular weight is 488 g/mol. The highest BCUT2D eigenvalue weighted by Gasteiger charge is 2.50. The Balaban J connectivity index is 0.000000423. The fourth-order valence-corrected chi connectivity index (χ4v) is 5.83. The number of halogens is 3. The van der Waals surface area contributed by atoms with Crippen molar-refractivity contribution in [2.45, 2.75) is 32.5 Å². The Morgan fingerprint density at radius 2 is 1.97 bits per heavy atom. The van der Waals surface area contributed by atoms with E-state index in [0.29, 0.717) is 25.6 Å². The highest BCUT2D eigenvalue weighted by Crippen LogP contribution is 2.45. The van der Waals surface area contributed by atoms with Gasteiger partial charge in [-0.1, -0.05) is 0 Å². The molecule has 0 bridgehead atoms. The maximum absolute atomic E-state index is 12.0. The molecule has 0 saturated carbocycles. The Morgan fingerprint density at radius 3 is 2.39 bits per heavy atom. The van der Waals surface area contributed by atoms with Crippen LogP contribution in [0.1, 0.15) is 23.4 Å². The van der Waals surface area contributed by atoms with Crippen molar-refractivity contribution in [3.05, 3.63) is 16.1 Å². The lowest BCUT2D eigenvalue weighted by Gasteiger charge is -2.42. The van der Waals surface area contributed by atoms with Crippen molar-refractivity contribution in [3.63, 3.8) is 0 Å². The van der Waals surface area contributed by atoms with E-state index in [2.05, 4.69) is 16.8 Å². The third-order valence-corrected chi connectivity index (χ3v) is 8.06. The summed E-state index contributed by atoms with van der Waals surface area (Å²) in [6.45, 7) is 6.92. The van der Waals surface area contributed by atoms with Gasteiger partial charge < -0.3 is 9.84 Å². The second-order valence-corrected chi connectivity index (χ2v) is 10.9. The van der Waals surface area contributed by atoms with Gasteiger partial charge in [-0.2, -0.15) is 13.2 Å². The van der Waals surface area contributed by atoms with Gasteiger partial charge in [-0.25, -0.2) is 22.5 Å². The van der Waals surface area contributed by atoms with Crippen molar-refractivity contribution in [2.24, 2.45) is 11.3 Å². The number of aryl methyl sites for hydroxylation is 1. The molecule has 31 heavy (non-hydrogen) atoms. The summed E-state index contributed by atoms with van der Waals surface area (Å²) in [5.41, 5.74) is 3.10. The molecule has 2 aliphatic rings. The average Bonchev–Trinajstić information content (AvgIpc) is 3.21. The molecule has 2 fully saturated rings. The molecule has 3 heterocycles. The number of hydrogen-bond acceptors (Lipinski definition) is 7. The molecule has 0 amide bonds. The van der Waals surface area contributed by atoms with Crippen LogP contribution in [0.2, 0.25) is 0 Å². The molecule has 1 unspecified atom stereocenters. The maximum Gasteiger partial charge on any atom is 0.490 e. The van der Waals surface area contributed by atoms with Gasteiger partial charge >= 0.3 is 12.1 Å². The molecular formula is C18H28F3N3O5S2. The Hall–Kier alpha value is -1.28. The fraction of sp³-hybridized carbons (Fsp3) is 0.778. The number of alkyl halides is 3. The van der Waals surface area contributed by atoms with Crippen LogP contribution in [0, 0.1) is 18.3 Å². The number of carbonyl (C=O) groups is 1. The molecule has 13 heteroatoms. The summed E-state index contributed by atoms with van der Waals surface area (Å²) in [5.74, 6) is -2.46. The Morgan fingerprint density at radius 1 is 1.39 bits per heavy atom. The summed E-state index contributed by atoms with van der Waals surface area (Å²) in [5, 5.41) is 7.12. The molecule has 2 saturated heterocycles. The monoisotopic (exact) mass is 487 g/mol. The molecule has 178 valence electrons. The third kappa shape index (κ3) is 6.85. The molecule has 0 aliphatic carbocycles. The van der Waals surface area contributed by atoms with Crippen LogP contribution >= 0.6 is 11.3 Å². The molecule has 1 aromatic heterocycles. The Labute approximate surface area is 184 Å². The first kappa shape index (κ1) is 26.0. The number of nitrogens with zero attached hydrogens (tertiary/aromatic N) is 3. The number of aliphatic carboxylic acids is 1. The molecule has 1 spiro atoms. The number of piperidine rings is 1. The second-order valence-electron chi connectivity index (χ2n) is 8.01. The van der Waals surface area contributed by atoms with Gasteiger partial charge in [0.05, 0.1) is 24.1 Å². The summed E-state index contributed by atoms with van der Waals surface area (Å²) in [4.78, 5) is 17.0. The van der Waals surface area contributed by atoms with Gasteiger partial charge in [-0.05, 0) is 38.3 Å². The maximum atomic E-state index is 12.0. The number of ether oxygens (including phenoxy) is 1. The predicted octanol–water partition coefficient (Wildman–Crippen LogP) is 2.20. The number of likely N-dealkylation sites (tertiary alicyclic amines) is 1. The summed E-state index contributed by atoms with van der Waals surface area (Å²) >= 11 is 1.72. The number of carboxylic acid groups (broad SMARTS) is 1. The van der Waals surface area contributed by atoms with Gasteiger partial charge in [-0.3, -0.25) is 4.90 Å². The van der Waals surface area contributed by atoms with E-state index in [-0.39, 0.29) is 5.41 Å². The molecule has 0 aromatic carbocycles. The minimum absolute atomic E-state index is 0.0678. The Kier molecular flexibility index (Phi) is 8.47. The Bertz CT molecular complexity index is 852. The molecule has 2 aliphatic heterocycles. The largest absolute Gasteiger partial charge is 0.490 e. The van der Waals surface area contributed by atoms with E-state index in [1.807, 2.05) is 5.51 Å². The SMILES string of the molecule is COCC1CN(S(C)(=O)=O)CC12CCN(Cc1scnc1C)CC2.O=C(O)C(F)(F)F. The van der Waals surface area contributed by atoms with E-state index in [1.54, 1.807) is 22.8 Å². The van der Waals surface area contributed by atoms with Crippen LogP contribution in [0.5, 0.6) is 0 Å². The molecular weight excluding hydrogens is 459 g/mol. The van der Waals surface area contributed by atoms with Gasteiger partial charge in [0.2, 0.25) is 10.0 Å². The van der Waals surface area contributed by atoms with Crippen LogP contribution in [0.25, 0.3) is 0 Å². The van der Waals surface area contributed by atoms with E-state index >= 15 is 0 Å². The number of thiazole rings is 1. The molecule has 3 rings (SSSR count). The van der Waals surface area contributed by atoms with Gasteiger partial charge in [0.1, 0.15) is 0 Å². The smallest absolute Gasteiger partial charge is 0.475 e. The van der Waals surface area contributed by atoms with Crippen LogP contribution in [0.3, 0.4) is 0 Å². The molecule has 1 N–H and O–H groups in total. The quantitative estimate of drug-likeness (QED) is 0.680. The fourth-order valence-electron chi connectivity index (χ4n) is 4.07. The first-order valence-corrected chi connectivity index (χ1v) is 12.4. The number of methoxy groups -OCH3 is 1. The molecule has 8 nitrogen and oxygen atoms in total. The standard InChI is InChI=1S/C16H27N3O3S2.C2HF3O2/c1-13-15(23-12-17-13)9-18-6-4-16(5-7-18)11-19(24(3,20)21)8-14(16)10-22-2;3-2(4,5)1(6)7/h12,14H,4-11H2,1-3H3;(H,6,7). The molecule has 1 aromatic rings. The van der Waals surface area contributed by atoms with Crippen molar-refractivity contribution in [1.29, 1.82) is 0 Å². The number of aromatic nitrogens is 1. The van der Waals surface area contributed by atoms with Crippen LogP contribution in [-0.4, -0.2) is 86.0 Å². The van der Waals surface area contributed by atoms with Crippen LogP contribution < -0.4 is 0 Å². The van der Waals surface area contributed by atoms with E-state index in [4.69, 9.17) is 14.6 Å². The zero-order valence-corrected chi connectivity index (χ0v) is 19.3. The summed E-state index contributed by atoms with van der Waals surface area (Å²) < 4.78 is 62.8. The minimum atomic E-state index is -5.08. The van der Waals surface area contributed by atoms with Gasteiger partial charge in [0, 0.05) is 37.5 Å². The molecule has 0 radical (unpaired) electrons. The second kappa shape index (κ2) is 10.1.